The van der Waals surface area contributed by atoms with E-state index < -0.39 is 0 Å². The second-order valence-electron chi connectivity index (χ2n) is 7.57. The molecule has 0 radical (unpaired) electrons. The van der Waals surface area contributed by atoms with E-state index in [1.54, 1.807) is 43.8 Å². The minimum absolute atomic E-state index is 0.140. The zero-order valence-corrected chi connectivity index (χ0v) is 17.3. The topological polar surface area (TPSA) is 104 Å². The molecule has 5 rings (SSSR count). The van der Waals surface area contributed by atoms with Gasteiger partial charge in [-0.25, -0.2) is 9.37 Å². The summed E-state index contributed by atoms with van der Waals surface area (Å²) in [5.74, 6) is 0.581. The Morgan fingerprint density at radius 1 is 1.16 bits per heavy atom. The molecule has 1 fully saturated rings. The number of hydrogen-bond acceptors (Lipinski definition) is 6. The molecule has 8 nitrogen and oxygen atoms in total. The third kappa shape index (κ3) is 3.97. The maximum atomic E-state index is 13.5. The number of anilines is 2. The predicted octanol–water partition coefficient (Wildman–Crippen LogP) is 3.22. The number of H-pyrrole nitrogens is 1. The lowest BCUT2D eigenvalue weighted by Gasteiger charge is -2.28. The second kappa shape index (κ2) is 8.27. The molecule has 2 aromatic carbocycles. The fraction of sp³-hybridized carbons (Fsp3) is 0.174. The largest absolute Gasteiger partial charge is 0.495 e. The third-order valence-electron chi connectivity index (χ3n) is 5.34. The summed E-state index contributed by atoms with van der Waals surface area (Å²) >= 11 is 0. The Bertz CT molecular complexity index is 1300. The molecule has 3 heterocycles. The van der Waals surface area contributed by atoms with E-state index >= 15 is 0 Å². The van der Waals surface area contributed by atoms with Gasteiger partial charge in [-0.15, -0.1) is 0 Å². The number of halogens is 1. The summed E-state index contributed by atoms with van der Waals surface area (Å²) in [6, 6.07) is 11.7. The van der Waals surface area contributed by atoms with E-state index in [1.807, 2.05) is 6.07 Å². The first-order valence-electron chi connectivity index (χ1n) is 10.2. The molecule has 0 saturated carbocycles. The number of hydrogen-bond donors (Lipinski definition) is 4. The fourth-order valence-electron chi connectivity index (χ4n) is 3.53. The van der Waals surface area contributed by atoms with Crippen LogP contribution in [0.4, 0.5) is 15.9 Å². The summed E-state index contributed by atoms with van der Waals surface area (Å²) in [4.78, 5) is 24.5. The van der Waals surface area contributed by atoms with Crippen LogP contribution in [0.3, 0.4) is 0 Å². The zero-order chi connectivity index (χ0) is 22.1. The number of benzene rings is 2. The minimum Gasteiger partial charge on any atom is -0.495 e. The van der Waals surface area contributed by atoms with Crippen LogP contribution in [0.2, 0.25) is 0 Å². The standard InChI is InChI=1S/C23H21FN6O2/c1-32-21-8-13(23(31)27-16-9-25-10-16)2-4-18(21)29-22-12-26-11-20(30-22)19-7-14-6-15(24)3-5-17(14)28-19/h2-8,11-12,16,25,28H,9-10H2,1H3,(H,27,31)(H,29,30). The molecule has 0 bridgehead atoms. The number of aromatic amines is 1. The highest BCUT2D eigenvalue weighted by atomic mass is 19.1. The Morgan fingerprint density at radius 3 is 2.81 bits per heavy atom. The van der Waals surface area contributed by atoms with Crippen molar-refractivity contribution in [1.29, 1.82) is 0 Å². The Balaban J connectivity index is 1.38. The Kier molecular flexibility index (Phi) is 5.16. The summed E-state index contributed by atoms with van der Waals surface area (Å²) in [5, 5.41) is 10.0. The van der Waals surface area contributed by atoms with Crippen molar-refractivity contribution >= 4 is 28.3 Å². The molecule has 0 atom stereocenters. The molecule has 1 amide bonds. The number of carbonyl (C=O) groups excluding carboxylic acids is 1. The fourth-order valence-corrected chi connectivity index (χ4v) is 3.53. The van der Waals surface area contributed by atoms with E-state index in [0.29, 0.717) is 28.5 Å². The first kappa shape index (κ1) is 20.0. The van der Waals surface area contributed by atoms with E-state index in [-0.39, 0.29) is 17.8 Å². The van der Waals surface area contributed by atoms with Crippen molar-refractivity contribution in [2.75, 3.05) is 25.5 Å². The quantitative estimate of drug-likeness (QED) is 0.373. The van der Waals surface area contributed by atoms with Gasteiger partial charge in [0.25, 0.3) is 5.91 Å². The molecule has 162 valence electrons. The van der Waals surface area contributed by atoms with Crippen molar-refractivity contribution in [2.45, 2.75) is 6.04 Å². The van der Waals surface area contributed by atoms with Crippen molar-refractivity contribution in [3.05, 3.63) is 66.2 Å². The van der Waals surface area contributed by atoms with Crippen LogP contribution in [-0.4, -0.2) is 47.1 Å². The highest BCUT2D eigenvalue weighted by molar-refractivity contribution is 5.95. The Morgan fingerprint density at radius 2 is 2.03 bits per heavy atom. The number of methoxy groups -OCH3 is 1. The van der Waals surface area contributed by atoms with Gasteiger partial charge in [-0.05, 0) is 42.5 Å². The van der Waals surface area contributed by atoms with Crippen LogP contribution in [0.15, 0.2) is 54.9 Å². The normalized spacial score (nSPS) is 13.6. The number of ether oxygens (including phenoxy) is 1. The molecule has 1 aliphatic rings. The first-order valence-corrected chi connectivity index (χ1v) is 10.2. The Labute approximate surface area is 183 Å². The van der Waals surface area contributed by atoms with Crippen molar-refractivity contribution in [2.24, 2.45) is 0 Å². The van der Waals surface area contributed by atoms with Crippen molar-refractivity contribution in [3.63, 3.8) is 0 Å². The van der Waals surface area contributed by atoms with E-state index in [0.717, 1.165) is 29.7 Å². The van der Waals surface area contributed by atoms with Crippen molar-refractivity contribution < 1.29 is 13.9 Å². The number of fused-ring (bicyclic) bond motifs is 1. The average molecular weight is 432 g/mol. The van der Waals surface area contributed by atoms with Crippen LogP contribution in [0.25, 0.3) is 22.3 Å². The van der Waals surface area contributed by atoms with Crippen LogP contribution in [0, 0.1) is 5.82 Å². The van der Waals surface area contributed by atoms with Gasteiger partial charge in [0, 0.05) is 29.6 Å². The van der Waals surface area contributed by atoms with E-state index in [9.17, 15) is 9.18 Å². The summed E-state index contributed by atoms with van der Waals surface area (Å²) in [6.45, 7) is 1.56. The van der Waals surface area contributed by atoms with E-state index in [2.05, 4.69) is 30.9 Å². The van der Waals surface area contributed by atoms with Gasteiger partial charge in [0.1, 0.15) is 23.1 Å². The lowest BCUT2D eigenvalue weighted by atomic mass is 10.1. The van der Waals surface area contributed by atoms with Gasteiger partial charge >= 0.3 is 0 Å². The summed E-state index contributed by atoms with van der Waals surface area (Å²) in [7, 11) is 1.55. The molecule has 2 aromatic heterocycles. The molecular weight excluding hydrogens is 411 g/mol. The second-order valence-corrected chi connectivity index (χ2v) is 7.57. The van der Waals surface area contributed by atoms with Crippen LogP contribution in [0.5, 0.6) is 5.75 Å². The molecule has 9 heteroatoms. The summed E-state index contributed by atoms with van der Waals surface area (Å²) in [5.41, 5.74) is 3.32. The number of nitrogens with one attached hydrogen (secondary N) is 4. The maximum Gasteiger partial charge on any atom is 0.251 e. The zero-order valence-electron chi connectivity index (χ0n) is 17.3. The number of rotatable bonds is 6. The van der Waals surface area contributed by atoms with Gasteiger partial charge in [0.2, 0.25) is 0 Å². The molecule has 4 N–H and O–H groups in total. The van der Waals surface area contributed by atoms with Crippen LogP contribution in [0.1, 0.15) is 10.4 Å². The summed E-state index contributed by atoms with van der Waals surface area (Å²) in [6.07, 6.45) is 3.22. The molecule has 1 saturated heterocycles. The highest BCUT2D eigenvalue weighted by Crippen LogP contribution is 2.29. The van der Waals surface area contributed by atoms with Gasteiger partial charge in [-0.2, -0.15) is 0 Å². The first-order chi connectivity index (χ1) is 15.6. The van der Waals surface area contributed by atoms with Crippen molar-refractivity contribution in [1.82, 2.24) is 25.6 Å². The number of amides is 1. The smallest absolute Gasteiger partial charge is 0.251 e. The van der Waals surface area contributed by atoms with Gasteiger partial charge in [0.15, 0.2) is 0 Å². The minimum atomic E-state index is -0.293. The van der Waals surface area contributed by atoms with Gasteiger partial charge in [-0.1, -0.05) is 0 Å². The number of carbonyl (C=O) groups is 1. The average Bonchev–Trinajstić information content (AvgIpc) is 3.20. The van der Waals surface area contributed by atoms with Crippen molar-refractivity contribution in [3.8, 4) is 17.1 Å². The van der Waals surface area contributed by atoms with Crippen LogP contribution in [-0.2, 0) is 0 Å². The van der Waals surface area contributed by atoms with E-state index in [4.69, 9.17) is 4.74 Å². The molecule has 32 heavy (non-hydrogen) atoms. The van der Waals surface area contributed by atoms with Crippen LogP contribution < -0.4 is 20.7 Å². The number of aromatic nitrogens is 3. The van der Waals surface area contributed by atoms with E-state index in [1.165, 1.54) is 12.1 Å². The SMILES string of the molecule is COc1cc(C(=O)NC2CNC2)ccc1Nc1cncc(-c2cc3cc(F)ccc3[nH]2)n1. The van der Waals surface area contributed by atoms with Gasteiger partial charge < -0.3 is 25.7 Å². The highest BCUT2D eigenvalue weighted by Gasteiger charge is 2.20. The molecular formula is C23H21FN6O2. The lowest BCUT2D eigenvalue weighted by Crippen LogP contribution is -2.56. The van der Waals surface area contributed by atoms with Crippen LogP contribution >= 0.6 is 0 Å². The van der Waals surface area contributed by atoms with Gasteiger partial charge in [0.05, 0.1) is 36.9 Å². The molecule has 1 aliphatic heterocycles. The molecule has 0 unspecified atom stereocenters. The molecule has 0 spiro atoms. The molecule has 0 aliphatic carbocycles. The summed E-state index contributed by atoms with van der Waals surface area (Å²) < 4.78 is 19.0. The van der Waals surface area contributed by atoms with Gasteiger partial charge in [-0.3, -0.25) is 9.78 Å². The monoisotopic (exact) mass is 432 g/mol. The molecule has 4 aromatic rings. The number of nitrogens with zero attached hydrogens (tertiary/aromatic N) is 2. The third-order valence-corrected chi connectivity index (χ3v) is 5.34. The predicted molar refractivity (Wildman–Crippen MR) is 120 cm³/mol. The Hall–Kier alpha value is -3.98. The maximum absolute atomic E-state index is 13.5. The lowest BCUT2D eigenvalue weighted by molar-refractivity contribution is 0.0923.